The van der Waals surface area contributed by atoms with Crippen molar-refractivity contribution in [1.29, 1.82) is 0 Å². The first-order valence-electron chi connectivity index (χ1n) is 7.46. The molecule has 0 saturated carbocycles. The molecule has 3 rings (SSSR count). The van der Waals surface area contributed by atoms with Crippen molar-refractivity contribution in [3.63, 3.8) is 0 Å². The molecule has 4 nitrogen and oxygen atoms in total. The third kappa shape index (κ3) is 2.75. The lowest BCUT2D eigenvalue weighted by Crippen LogP contribution is -2.40. The molecule has 1 N–H and O–H groups in total. The highest BCUT2D eigenvalue weighted by atomic mass is 15.2. The first-order chi connectivity index (χ1) is 9.74. The van der Waals surface area contributed by atoms with Gasteiger partial charge < -0.3 is 10.2 Å². The molecule has 0 radical (unpaired) electrons. The summed E-state index contributed by atoms with van der Waals surface area (Å²) < 4.78 is 0. The van der Waals surface area contributed by atoms with Gasteiger partial charge in [0, 0.05) is 25.2 Å². The number of aromatic nitrogens is 2. The third-order valence-corrected chi connectivity index (χ3v) is 3.87. The van der Waals surface area contributed by atoms with Gasteiger partial charge >= 0.3 is 0 Å². The Hall–Kier alpha value is -1.68. The van der Waals surface area contributed by atoms with Gasteiger partial charge in [-0.1, -0.05) is 26.0 Å². The molecule has 1 atom stereocenters. The molecule has 1 unspecified atom stereocenters. The van der Waals surface area contributed by atoms with E-state index in [1.165, 1.54) is 12.8 Å². The number of hydrogen-bond acceptors (Lipinski definition) is 4. The number of fused-ring (bicyclic) bond motifs is 1. The number of nitrogens with zero attached hydrogens (tertiary/aromatic N) is 3. The van der Waals surface area contributed by atoms with E-state index in [2.05, 4.69) is 29.0 Å². The number of hydrogen-bond donors (Lipinski definition) is 1. The Morgan fingerprint density at radius 2 is 2.10 bits per heavy atom. The summed E-state index contributed by atoms with van der Waals surface area (Å²) in [5, 5.41) is 3.53. The van der Waals surface area contributed by atoms with E-state index in [0.29, 0.717) is 12.1 Å². The van der Waals surface area contributed by atoms with Crippen molar-refractivity contribution >= 4 is 16.9 Å². The minimum atomic E-state index is 0.528. The highest BCUT2D eigenvalue weighted by molar-refractivity contribution is 5.75. The molecule has 20 heavy (non-hydrogen) atoms. The smallest absolute Gasteiger partial charge is 0.148 e. The fraction of sp³-hybridized carbons (Fsp3) is 0.500. The molecule has 1 aromatic heterocycles. The summed E-state index contributed by atoms with van der Waals surface area (Å²) >= 11 is 0. The summed E-state index contributed by atoms with van der Waals surface area (Å²) in [6.07, 6.45) is 4.38. The van der Waals surface area contributed by atoms with Crippen LogP contribution in [0.1, 0.15) is 26.7 Å². The number of rotatable bonds is 4. The van der Waals surface area contributed by atoms with Gasteiger partial charge in [-0.05, 0) is 25.0 Å². The van der Waals surface area contributed by atoms with Gasteiger partial charge in [0.25, 0.3) is 0 Å². The minimum Gasteiger partial charge on any atom is -0.351 e. The topological polar surface area (TPSA) is 41.0 Å². The van der Waals surface area contributed by atoms with Crippen LogP contribution in [0.15, 0.2) is 30.5 Å². The average Bonchev–Trinajstić information content (AvgIpc) is 2.93. The molecule has 2 heterocycles. The van der Waals surface area contributed by atoms with Gasteiger partial charge in [-0.15, -0.1) is 0 Å². The quantitative estimate of drug-likeness (QED) is 0.927. The maximum Gasteiger partial charge on any atom is 0.148 e. The summed E-state index contributed by atoms with van der Waals surface area (Å²) in [6, 6.07) is 9.12. The van der Waals surface area contributed by atoms with E-state index in [1.807, 2.05) is 30.5 Å². The highest BCUT2D eigenvalue weighted by Gasteiger charge is 2.25. The summed E-state index contributed by atoms with van der Waals surface area (Å²) in [5.41, 5.74) is 1.94. The zero-order valence-corrected chi connectivity index (χ0v) is 12.2. The van der Waals surface area contributed by atoms with E-state index in [9.17, 15) is 0 Å². The summed E-state index contributed by atoms with van der Waals surface area (Å²) in [5.74, 6) is 1.01. The molecule has 0 amide bonds. The van der Waals surface area contributed by atoms with Gasteiger partial charge in [-0.3, -0.25) is 4.98 Å². The predicted molar refractivity (Wildman–Crippen MR) is 83.0 cm³/mol. The maximum absolute atomic E-state index is 4.77. The van der Waals surface area contributed by atoms with Crippen LogP contribution in [-0.2, 0) is 0 Å². The van der Waals surface area contributed by atoms with Crippen LogP contribution in [0.25, 0.3) is 11.0 Å². The van der Waals surface area contributed by atoms with E-state index in [4.69, 9.17) is 4.98 Å². The van der Waals surface area contributed by atoms with Crippen LogP contribution >= 0.6 is 0 Å². The Labute approximate surface area is 120 Å². The van der Waals surface area contributed by atoms with Gasteiger partial charge in [0.15, 0.2) is 0 Å². The predicted octanol–water partition coefficient (Wildman–Crippen LogP) is 2.60. The molecule has 1 aromatic carbocycles. The van der Waals surface area contributed by atoms with Crippen LogP contribution in [0, 0.1) is 0 Å². The second kappa shape index (κ2) is 5.75. The van der Waals surface area contributed by atoms with E-state index >= 15 is 0 Å². The molecule has 1 aliphatic heterocycles. The highest BCUT2D eigenvalue weighted by Crippen LogP contribution is 2.24. The Morgan fingerprint density at radius 1 is 1.30 bits per heavy atom. The zero-order valence-electron chi connectivity index (χ0n) is 12.2. The van der Waals surface area contributed by atoms with E-state index in [-0.39, 0.29) is 0 Å². The molecule has 1 aliphatic rings. The number of nitrogens with one attached hydrogen (secondary N) is 1. The Balaban J connectivity index is 1.81. The fourth-order valence-electron chi connectivity index (χ4n) is 2.81. The van der Waals surface area contributed by atoms with Gasteiger partial charge in [0.2, 0.25) is 0 Å². The number of para-hydroxylation sites is 2. The Morgan fingerprint density at radius 3 is 2.90 bits per heavy atom. The summed E-state index contributed by atoms with van der Waals surface area (Å²) in [7, 11) is 0. The van der Waals surface area contributed by atoms with Crippen molar-refractivity contribution in [2.24, 2.45) is 0 Å². The van der Waals surface area contributed by atoms with Crippen LogP contribution in [0.2, 0.25) is 0 Å². The van der Waals surface area contributed by atoms with Crippen molar-refractivity contribution < 1.29 is 0 Å². The fourth-order valence-corrected chi connectivity index (χ4v) is 2.81. The van der Waals surface area contributed by atoms with Crippen LogP contribution in [0.4, 0.5) is 5.82 Å². The van der Waals surface area contributed by atoms with Crippen molar-refractivity contribution in [3.8, 4) is 0 Å². The molecular formula is C16H22N4. The molecule has 0 bridgehead atoms. The van der Waals surface area contributed by atoms with Crippen molar-refractivity contribution in [2.75, 3.05) is 18.0 Å². The van der Waals surface area contributed by atoms with Crippen LogP contribution < -0.4 is 10.2 Å². The lowest BCUT2D eigenvalue weighted by molar-refractivity contribution is 0.522. The molecular weight excluding hydrogens is 248 g/mol. The van der Waals surface area contributed by atoms with Gasteiger partial charge in [-0.2, -0.15) is 0 Å². The molecule has 4 heteroatoms. The second-order valence-electron chi connectivity index (χ2n) is 5.77. The second-order valence-corrected chi connectivity index (χ2v) is 5.77. The molecule has 0 aliphatic carbocycles. The monoisotopic (exact) mass is 270 g/mol. The van der Waals surface area contributed by atoms with E-state index in [1.54, 1.807) is 0 Å². The Bertz CT molecular complexity index is 581. The van der Waals surface area contributed by atoms with E-state index in [0.717, 1.165) is 29.9 Å². The number of benzene rings is 1. The lowest BCUT2D eigenvalue weighted by atomic mass is 10.2. The van der Waals surface area contributed by atoms with E-state index < -0.39 is 0 Å². The standard InChI is InChI=1S/C16H22N4/c1-12(2)17-10-13-6-5-9-20(13)16-11-18-14-7-3-4-8-15(14)19-16/h3-4,7-8,11-13,17H,5-6,9-10H2,1-2H3. The molecule has 2 aromatic rings. The van der Waals surface area contributed by atoms with Crippen LogP contribution in [0.5, 0.6) is 0 Å². The first-order valence-corrected chi connectivity index (χ1v) is 7.46. The van der Waals surface area contributed by atoms with Crippen LogP contribution in [0.3, 0.4) is 0 Å². The van der Waals surface area contributed by atoms with Gasteiger partial charge in [-0.25, -0.2) is 4.98 Å². The number of anilines is 1. The average molecular weight is 270 g/mol. The summed E-state index contributed by atoms with van der Waals surface area (Å²) in [6.45, 7) is 6.48. The molecule has 0 spiro atoms. The van der Waals surface area contributed by atoms with Gasteiger partial charge in [0.1, 0.15) is 5.82 Å². The molecule has 1 fully saturated rings. The van der Waals surface area contributed by atoms with Crippen molar-refractivity contribution in [1.82, 2.24) is 15.3 Å². The third-order valence-electron chi connectivity index (χ3n) is 3.87. The lowest BCUT2D eigenvalue weighted by Gasteiger charge is -2.26. The molecule has 1 saturated heterocycles. The normalized spacial score (nSPS) is 19.1. The molecule has 106 valence electrons. The van der Waals surface area contributed by atoms with Crippen molar-refractivity contribution in [3.05, 3.63) is 30.5 Å². The largest absolute Gasteiger partial charge is 0.351 e. The van der Waals surface area contributed by atoms with Gasteiger partial charge in [0.05, 0.1) is 17.2 Å². The first kappa shape index (κ1) is 13.3. The zero-order chi connectivity index (χ0) is 13.9. The maximum atomic E-state index is 4.77. The van der Waals surface area contributed by atoms with Crippen molar-refractivity contribution in [2.45, 2.75) is 38.8 Å². The SMILES string of the molecule is CC(C)NCC1CCCN1c1cnc2ccccc2n1. The Kier molecular flexibility index (Phi) is 3.83. The summed E-state index contributed by atoms with van der Waals surface area (Å²) in [4.78, 5) is 11.7. The minimum absolute atomic E-state index is 0.528. The van der Waals surface area contributed by atoms with Crippen LogP contribution in [-0.4, -0.2) is 35.1 Å².